The highest BCUT2D eigenvalue weighted by Gasteiger charge is 2.15. The Morgan fingerprint density at radius 1 is 1.04 bits per heavy atom. The Balaban J connectivity index is 1.68. The number of nitrogens with one attached hydrogen (secondary N) is 2. The second kappa shape index (κ2) is 9.76. The smallest absolute Gasteiger partial charge is 0.251 e. The van der Waals surface area contributed by atoms with Crippen LogP contribution >= 0.6 is 0 Å². The number of anilines is 1. The fourth-order valence-electron chi connectivity index (χ4n) is 3.28. The Kier molecular flexibility index (Phi) is 6.85. The minimum Gasteiger partial charge on any atom is -0.355 e. The van der Waals surface area contributed by atoms with Gasteiger partial charge in [0.15, 0.2) is 5.96 Å². The summed E-state index contributed by atoms with van der Waals surface area (Å²) < 4.78 is 0. The number of hydrogen-bond donors (Lipinski definition) is 2. The van der Waals surface area contributed by atoms with E-state index in [1.54, 1.807) is 7.05 Å². The summed E-state index contributed by atoms with van der Waals surface area (Å²) in [5, 5.41) is 6.16. The minimum absolute atomic E-state index is 0.0555. The fraction of sp³-hybridized carbons (Fsp3) is 0.364. The molecule has 27 heavy (non-hydrogen) atoms. The molecule has 1 saturated heterocycles. The topological polar surface area (TPSA) is 56.7 Å². The highest BCUT2D eigenvalue weighted by atomic mass is 16.1. The molecular weight excluding hydrogens is 336 g/mol. The van der Waals surface area contributed by atoms with Gasteiger partial charge in [0, 0.05) is 37.9 Å². The third kappa shape index (κ3) is 5.58. The van der Waals surface area contributed by atoms with Gasteiger partial charge in [0.05, 0.1) is 0 Å². The molecule has 3 rings (SSSR count). The van der Waals surface area contributed by atoms with Gasteiger partial charge in [0.25, 0.3) is 5.91 Å². The Labute approximate surface area is 161 Å². The number of guanidine groups is 1. The van der Waals surface area contributed by atoms with Crippen molar-refractivity contribution in [3.8, 4) is 0 Å². The number of piperidine rings is 1. The summed E-state index contributed by atoms with van der Waals surface area (Å²) >= 11 is 0. The van der Waals surface area contributed by atoms with Crippen LogP contribution in [-0.4, -0.2) is 43.4 Å². The van der Waals surface area contributed by atoms with Crippen molar-refractivity contribution in [1.82, 2.24) is 10.2 Å². The van der Waals surface area contributed by atoms with E-state index in [4.69, 9.17) is 4.99 Å². The van der Waals surface area contributed by atoms with Crippen LogP contribution in [0.25, 0.3) is 0 Å². The largest absolute Gasteiger partial charge is 0.355 e. The van der Waals surface area contributed by atoms with Gasteiger partial charge >= 0.3 is 0 Å². The number of aliphatic imine (C=N–C) groups is 1. The van der Waals surface area contributed by atoms with Crippen molar-refractivity contribution in [2.45, 2.75) is 25.7 Å². The summed E-state index contributed by atoms with van der Waals surface area (Å²) in [5.74, 6) is 0.892. The maximum atomic E-state index is 11.8. The average Bonchev–Trinajstić information content (AvgIpc) is 2.74. The van der Waals surface area contributed by atoms with Crippen molar-refractivity contribution in [3.63, 3.8) is 0 Å². The summed E-state index contributed by atoms with van der Waals surface area (Å²) in [5.41, 5.74) is 2.87. The standard InChI is InChI=1S/C22H28N4O/c1-23-21(27)19-10-8-9-18(17-19)13-14-24-22(26-15-6-3-7-16-26)25-20-11-4-2-5-12-20/h2,4-5,8-12,17H,3,6-7,13-16H2,1H3,(H,23,27)(H,24,25). The lowest BCUT2D eigenvalue weighted by Gasteiger charge is -2.30. The lowest BCUT2D eigenvalue weighted by molar-refractivity contribution is 0.0963. The Morgan fingerprint density at radius 3 is 2.56 bits per heavy atom. The molecule has 0 atom stereocenters. The van der Waals surface area contributed by atoms with E-state index in [0.717, 1.165) is 36.7 Å². The first-order chi connectivity index (χ1) is 13.3. The first-order valence-electron chi connectivity index (χ1n) is 9.69. The molecular formula is C22H28N4O. The van der Waals surface area contributed by atoms with Crippen LogP contribution in [0.1, 0.15) is 35.2 Å². The van der Waals surface area contributed by atoms with Gasteiger partial charge in [0.1, 0.15) is 0 Å². The first-order valence-corrected chi connectivity index (χ1v) is 9.69. The molecule has 1 amide bonds. The quantitative estimate of drug-likeness (QED) is 0.630. The highest BCUT2D eigenvalue weighted by molar-refractivity contribution is 5.94. The molecule has 0 saturated carbocycles. The molecule has 1 aliphatic heterocycles. The fourth-order valence-corrected chi connectivity index (χ4v) is 3.28. The van der Waals surface area contributed by atoms with Crippen LogP contribution in [0, 0.1) is 0 Å². The molecule has 2 N–H and O–H groups in total. The summed E-state index contributed by atoms with van der Waals surface area (Å²) in [6, 6.07) is 18.0. The molecule has 5 heteroatoms. The minimum atomic E-state index is -0.0555. The van der Waals surface area contributed by atoms with Crippen molar-refractivity contribution in [2.24, 2.45) is 4.99 Å². The number of amides is 1. The third-order valence-corrected chi connectivity index (χ3v) is 4.76. The molecule has 0 bridgehead atoms. The summed E-state index contributed by atoms with van der Waals surface area (Å²) in [4.78, 5) is 19.0. The van der Waals surface area contributed by atoms with Gasteiger partial charge in [-0.05, 0) is 55.5 Å². The summed E-state index contributed by atoms with van der Waals surface area (Å²) in [6.07, 6.45) is 4.52. The van der Waals surface area contributed by atoms with Gasteiger partial charge in [0.2, 0.25) is 0 Å². The zero-order valence-corrected chi connectivity index (χ0v) is 15.9. The molecule has 0 radical (unpaired) electrons. The van der Waals surface area contributed by atoms with E-state index in [1.807, 2.05) is 42.5 Å². The number of benzene rings is 2. The van der Waals surface area contributed by atoms with Gasteiger partial charge in [-0.25, -0.2) is 0 Å². The van der Waals surface area contributed by atoms with Crippen LogP contribution < -0.4 is 10.6 Å². The predicted molar refractivity (Wildman–Crippen MR) is 111 cm³/mol. The van der Waals surface area contributed by atoms with E-state index in [1.165, 1.54) is 19.3 Å². The highest BCUT2D eigenvalue weighted by Crippen LogP contribution is 2.13. The van der Waals surface area contributed by atoms with E-state index in [-0.39, 0.29) is 5.91 Å². The van der Waals surface area contributed by atoms with Crippen molar-refractivity contribution in [3.05, 3.63) is 65.7 Å². The lowest BCUT2D eigenvalue weighted by atomic mass is 10.1. The van der Waals surface area contributed by atoms with Crippen LogP contribution in [-0.2, 0) is 6.42 Å². The number of carbonyl (C=O) groups is 1. The van der Waals surface area contributed by atoms with Crippen LogP contribution in [0.15, 0.2) is 59.6 Å². The van der Waals surface area contributed by atoms with E-state index in [0.29, 0.717) is 12.1 Å². The number of nitrogens with zero attached hydrogens (tertiary/aromatic N) is 2. The van der Waals surface area contributed by atoms with Crippen molar-refractivity contribution in [1.29, 1.82) is 0 Å². The van der Waals surface area contributed by atoms with Gasteiger partial charge in [-0.1, -0.05) is 30.3 Å². The van der Waals surface area contributed by atoms with E-state index in [2.05, 4.69) is 27.7 Å². The molecule has 0 unspecified atom stereocenters. The van der Waals surface area contributed by atoms with Crippen LogP contribution in [0.5, 0.6) is 0 Å². The van der Waals surface area contributed by atoms with E-state index in [9.17, 15) is 4.79 Å². The maximum Gasteiger partial charge on any atom is 0.251 e. The van der Waals surface area contributed by atoms with Crippen LogP contribution in [0.2, 0.25) is 0 Å². The molecule has 1 fully saturated rings. The van der Waals surface area contributed by atoms with Gasteiger partial charge in [-0.15, -0.1) is 0 Å². The molecule has 0 aliphatic carbocycles. The molecule has 142 valence electrons. The molecule has 2 aromatic rings. The van der Waals surface area contributed by atoms with Gasteiger partial charge in [-0.3, -0.25) is 9.79 Å². The molecule has 1 aliphatic rings. The maximum absolute atomic E-state index is 11.8. The van der Waals surface area contributed by atoms with Crippen molar-refractivity contribution >= 4 is 17.6 Å². The SMILES string of the molecule is CNC(=O)c1cccc(CCN=C(Nc2ccccc2)N2CCCCC2)c1. The van der Waals surface area contributed by atoms with Crippen LogP contribution in [0.4, 0.5) is 5.69 Å². The Hall–Kier alpha value is -2.82. The zero-order valence-electron chi connectivity index (χ0n) is 15.9. The number of hydrogen-bond acceptors (Lipinski definition) is 2. The van der Waals surface area contributed by atoms with Crippen LogP contribution in [0.3, 0.4) is 0 Å². The van der Waals surface area contributed by atoms with Gasteiger partial charge in [-0.2, -0.15) is 0 Å². The number of likely N-dealkylation sites (tertiary alicyclic amines) is 1. The third-order valence-electron chi connectivity index (χ3n) is 4.76. The Bertz CT molecular complexity index is 767. The van der Waals surface area contributed by atoms with E-state index < -0.39 is 0 Å². The lowest BCUT2D eigenvalue weighted by Crippen LogP contribution is -2.40. The molecule has 5 nitrogen and oxygen atoms in total. The monoisotopic (exact) mass is 364 g/mol. The molecule has 1 heterocycles. The normalized spacial score (nSPS) is 14.7. The second-order valence-corrected chi connectivity index (χ2v) is 6.77. The number of carbonyl (C=O) groups excluding carboxylic acids is 1. The second-order valence-electron chi connectivity index (χ2n) is 6.77. The summed E-state index contributed by atoms with van der Waals surface area (Å²) in [7, 11) is 1.65. The zero-order chi connectivity index (χ0) is 18.9. The predicted octanol–water partition coefficient (Wildman–Crippen LogP) is 3.54. The Morgan fingerprint density at radius 2 is 1.81 bits per heavy atom. The molecule has 2 aromatic carbocycles. The summed E-state index contributed by atoms with van der Waals surface area (Å²) in [6.45, 7) is 2.78. The van der Waals surface area contributed by atoms with Crippen molar-refractivity contribution < 1.29 is 4.79 Å². The van der Waals surface area contributed by atoms with Gasteiger partial charge < -0.3 is 15.5 Å². The molecule has 0 spiro atoms. The first kappa shape index (κ1) is 19.0. The average molecular weight is 364 g/mol. The number of rotatable bonds is 5. The molecule has 0 aromatic heterocycles. The van der Waals surface area contributed by atoms with Crippen molar-refractivity contribution in [2.75, 3.05) is 32.0 Å². The van der Waals surface area contributed by atoms with E-state index >= 15 is 0 Å². The number of para-hydroxylation sites is 1.